The molecule has 0 saturated heterocycles. The summed E-state index contributed by atoms with van der Waals surface area (Å²) >= 11 is 0. The van der Waals surface area contributed by atoms with E-state index in [0.29, 0.717) is 17.2 Å². The van der Waals surface area contributed by atoms with Crippen molar-refractivity contribution in [2.45, 2.75) is 44.3 Å². The summed E-state index contributed by atoms with van der Waals surface area (Å²) in [6.45, 7) is 0. The lowest BCUT2D eigenvalue weighted by Gasteiger charge is -2.23. The lowest BCUT2D eigenvalue weighted by Crippen LogP contribution is -2.24. The summed E-state index contributed by atoms with van der Waals surface area (Å²) in [4.78, 5) is 23.8. The van der Waals surface area contributed by atoms with E-state index in [9.17, 15) is 18.0 Å². The van der Waals surface area contributed by atoms with Crippen molar-refractivity contribution in [2.75, 3.05) is 10.6 Å². The Labute approximate surface area is 164 Å². The number of hydrogen-bond donors (Lipinski definition) is 3. The Morgan fingerprint density at radius 1 is 1.00 bits per heavy atom. The van der Waals surface area contributed by atoms with E-state index >= 15 is 0 Å². The van der Waals surface area contributed by atoms with Gasteiger partial charge in [0.25, 0.3) is 5.56 Å². The number of aromatic amines is 1. The fourth-order valence-electron chi connectivity index (χ4n) is 3.55. The van der Waals surface area contributed by atoms with Crippen molar-refractivity contribution in [3.63, 3.8) is 0 Å². The Morgan fingerprint density at radius 2 is 1.72 bits per heavy atom. The molecule has 1 fully saturated rings. The zero-order chi connectivity index (χ0) is 20.4. The Kier molecular flexibility index (Phi) is 5.12. The van der Waals surface area contributed by atoms with Gasteiger partial charge in [0.15, 0.2) is 0 Å². The molecule has 0 unspecified atom stereocenters. The lowest BCUT2D eigenvalue weighted by molar-refractivity contribution is -0.137. The van der Waals surface area contributed by atoms with Crippen molar-refractivity contribution in [2.24, 2.45) is 0 Å². The summed E-state index contributed by atoms with van der Waals surface area (Å²) in [6.07, 6.45) is 2.64. The Bertz CT molecular complexity index is 1060. The number of H-pyrrole nitrogens is 1. The topological polar surface area (TPSA) is 82.7 Å². The van der Waals surface area contributed by atoms with Gasteiger partial charge >= 0.3 is 6.18 Å². The van der Waals surface area contributed by atoms with Crippen LogP contribution in [0.15, 0.2) is 41.3 Å². The van der Waals surface area contributed by atoms with Crippen molar-refractivity contribution in [1.29, 1.82) is 0 Å². The fraction of sp³-hybridized carbons (Fsp3) is 0.350. The highest BCUT2D eigenvalue weighted by Gasteiger charge is 2.30. The van der Waals surface area contributed by atoms with Gasteiger partial charge in [-0.05, 0) is 43.2 Å². The van der Waals surface area contributed by atoms with Gasteiger partial charge in [-0.2, -0.15) is 18.2 Å². The highest BCUT2D eigenvalue weighted by Crippen LogP contribution is 2.31. The molecule has 1 saturated carbocycles. The van der Waals surface area contributed by atoms with Crippen LogP contribution in [-0.2, 0) is 6.18 Å². The number of nitrogens with zero attached hydrogens (tertiary/aromatic N) is 2. The molecule has 1 aromatic carbocycles. The maximum atomic E-state index is 12.8. The number of pyridine rings is 1. The molecule has 1 aliphatic rings. The van der Waals surface area contributed by atoms with Crippen LogP contribution in [0.1, 0.15) is 37.7 Å². The van der Waals surface area contributed by atoms with Crippen LogP contribution in [0.3, 0.4) is 0 Å². The Hall–Kier alpha value is -3.10. The fourth-order valence-corrected chi connectivity index (χ4v) is 3.55. The standard InChI is InChI=1S/C20H20F3N5O/c21-20(22,23)12-6-8-14(9-7-12)25-17-16-15(10-11-24-18(16)29)27-19(28-17)26-13-4-2-1-3-5-13/h6-11,13H,1-5H2,(H,24,29)(H2,25,26,27,28). The minimum Gasteiger partial charge on any atom is -0.351 e. The number of fused-ring (bicyclic) bond motifs is 1. The van der Waals surface area contributed by atoms with Crippen LogP contribution >= 0.6 is 0 Å². The number of benzene rings is 1. The molecule has 0 aliphatic heterocycles. The first-order chi connectivity index (χ1) is 13.9. The second-order valence-electron chi connectivity index (χ2n) is 7.14. The van der Waals surface area contributed by atoms with Crippen LogP contribution in [-0.4, -0.2) is 21.0 Å². The lowest BCUT2D eigenvalue weighted by atomic mass is 9.96. The largest absolute Gasteiger partial charge is 0.416 e. The normalized spacial score (nSPS) is 15.4. The number of rotatable bonds is 4. The molecule has 9 heteroatoms. The van der Waals surface area contributed by atoms with Gasteiger partial charge in [-0.15, -0.1) is 0 Å². The second kappa shape index (κ2) is 7.73. The molecule has 4 rings (SSSR count). The quantitative estimate of drug-likeness (QED) is 0.582. The van der Waals surface area contributed by atoms with E-state index in [1.54, 1.807) is 6.07 Å². The minimum absolute atomic E-state index is 0.245. The molecule has 0 radical (unpaired) electrons. The molecular weight excluding hydrogens is 383 g/mol. The first kappa shape index (κ1) is 19.2. The average Bonchev–Trinajstić information content (AvgIpc) is 2.68. The zero-order valence-corrected chi connectivity index (χ0v) is 15.5. The van der Waals surface area contributed by atoms with Crippen molar-refractivity contribution in [3.05, 3.63) is 52.4 Å². The first-order valence-corrected chi connectivity index (χ1v) is 9.50. The number of alkyl halides is 3. The van der Waals surface area contributed by atoms with E-state index in [1.165, 1.54) is 24.8 Å². The number of aromatic nitrogens is 3. The van der Waals surface area contributed by atoms with E-state index < -0.39 is 11.7 Å². The number of halogens is 3. The summed E-state index contributed by atoms with van der Waals surface area (Å²) in [5, 5.41) is 6.54. The number of hydrogen-bond acceptors (Lipinski definition) is 5. The third kappa shape index (κ3) is 4.33. The molecule has 29 heavy (non-hydrogen) atoms. The maximum Gasteiger partial charge on any atom is 0.416 e. The molecular formula is C20H20F3N5O. The molecule has 0 amide bonds. The van der Waals surface area contributed by atoms with Crippen LogP contribution in [0.2, 0.25) is 0 Å². The van der Waals surface area contributed by atoms with Gasteiger partial charge in [0, 0.05) is 17.9 Å². The summed E-state index contributed by atoms with van der Waals surface area (Å²) in [5.41, 5.74) is -0.268. The summed E-state index contributed by atoms with van der Waals surface area (Å²) in [7, 11) is 0. The molecule has 2 heterocycles. The van der Waals surface area contributed by atoms with Gasteiger partial charge in [-0.1, -0.05) is 19.3 Å². The van der Waals surface area contributed by atoms with Gasteiger partial charge in [0.2, 0.25) is 5.95 Å². The molecule has 1 aliphatic carbocycles. The second-order valence-corrected chi connectivity index (χ2v) is 7.14. The molecule has 0 bridgehead atoms. The van der Waals surface area contributed by atoms with E-state index in [-0.39, 0.29) is 22.8 Å². The summed E-state index contributed by atoms with van der Waals surface area (Å²) in [5.74, 6) is 0.638. The monoisotopic (exact) mass is 403 g/mol. The van der Waals surface area contributed by atoms with Gasteiger partial charge in [0.05, 0.1) is 11.1 Å². The predicted molar refractivity (Wildman–Crippen MR) is 105 cm³/mol. The van der Waals surface area contributed by atoms with Crippen LogP contribution in [0.5, 0.6) is 0 Å². The van der Waals surface area contributed by atoms with Crippen molar-refractivity contribution < 1.29 is 13.2 Å². The van der Waals surface area contributed by atoms with Gasteiger partial charge in [-0.25, -0.2) is 4.98 Å². The van der Waals surface area contributed by atoms with E-state index in [1.807, 2.05) is 0 Å². The molecule has 152 valence electrons. The minimum atomic E-state index is -4.41. The third-order valence-corrected chi connectivity index (χ3v) is 5.03. The Morgan fingerprint density at radius 3 is 2.41 bits per heavy atom. The zero-order valence-electron chi connectivity index (χ0n) is 15.5. The van der Waals surface area contributed by atoms with Crippen molar-refractivity contribution in [1.82, 2.24) is 15.0 Å². The molecule has 3 N–H and O–H groups in total. The number of anilines is 3. The van der Waals surface area contributed by atoms with Gasteiger partial charge in [0.1, 0.15) is 11.2 Å². The summed E-state index contributed by atoms with van der Waals surface area (Å²) < 4.78 is 38.4. The van der Waals surface area contributed by atoms with Crippen LogP contribution in [0.25, 0.3) is 10.9 Å². The third-order valence-electron chi connectivity index (χ3n) is 5.03. The van der Waals surface area contributed by atoms with Gasteiger partial charge in [-0.3, -0.25) is 4.79 Å². The maximum absolute atomic E-state index is 12.8. The van der Waals surface area contributed by atoms with E-state index in [4.69, 9.17) is 0 Å². The average molecular weight is 403 g/mol. The van der Waals surface area contributed by atoms with E-state index in [2.05, 4.69) is 25.6 Å². The molecule has 0 atom stereocenters. The molecule has 3 aromatic rings. The van der Waals surface area contributed by atoms with Crippen molar-refractivity contribution >= 4 is 28.4 Å². The van der Waals surface area contributed by atoms with E-state index in [0.717, 1.165) is 37.8 Å². The number of nitrogens with one attached hydrogen (secondary N) is 3. The van der Waals surface area contributed by atoms with Crippen LogP contribution in [0, 0.1) is 0 Å². The summed E-state index contributed by atoms with van der Waals surface area (Å²) in [6, 6.07) is 6.52. The van der Waals surface area contributed by atoms with Gasteiger partial charge < -0.3 is 15.6 Å². The molecule has 2 aromatic heterocycles. The highest BCUT2D eigenvalue weighted by atomic mass is 19.4. The Balaban J connectivity index is 1.68. The molecule has 0 spiro atoms. The highest BCUT2D eigenvalue weighted by molar-refractivity contribution is 5.90. The predicted octanol–water partition coefficient (Wildman–Crippen LogP) is 4.83. The smallest absolute Gasteiger partial charge is 0.351 e. The SMILES string of the molecule is O=c1[nH]ccc2nc(NC3CCCCC3)nc(Nc3ccc(C(F)(F)F)cc3)c12. The van der Waals surface area contributed by atoms with Crippen LogP contribution in [0.4, 0.5) is 30.6 Å². The first-order valence-electron chi connectivity index (χ1n) is 9.50. The van der Waals surface area contributed by atoms with Crippen LogP contribution < -0.4 is 16.2 Å². The van der Waals surface area contributed by atoms with Crippen molar-refractivity contribution in [3.8, 4) is 0 Å². The molecule has 6 nitrogen and oxygen atoms in total.